The van der Waals surface area contributed by atoms with Crippen molar-refractivity contribution in [3.63, 3.8) is 0 Å². The number of fused-ring (bicyclic) bond motifs is 7. The minimum absolute atomic E-state index is 1.16. The first kappa shape index (κ1) is 24.7. The second kappa shape index (κ2) is 9.86. The van der Waals surface area contributed by atoms with Crippen molar-refractivity contribution in [1.82, 2.24) is 9.13 Å². The van der Waals surface area contributed by atoms with Gasteiger partial charge in [-0.05, 0) is 76.2 Å². The molecule has 0 unspecified atom stereocenters. The fourth-order valence-corrected chi connectivity index (χ4v) is 6.91. The molecule has 206 valence electrons. The van der Waals surface area contributed by atoms with E-state index in [-0.39, 0.29) is 0 Å². The Morgan fingerprint density at radius 1 is 0.364 bits per heavy atom. The molecule has 0 spiro atoms. The van der Waals surface area contributed by atoms with Crippen molar-refractivity contribution < 1.29 is 0 Å². The minimum atomic E-state index is 1.16. The molecule has 9 aromatic rings. The number of aromatic nitrogens is 2. The number of para-hydroxylation sites is 2. The number of rotatable bonds is 4. The Hall–Kier alpha value is -5.86. The van der Waals surface area contributed by atoms with E-state index in [0.717, 1.165) is 11.4 Å². The molecule has 0 saturated heterocycles. The molecule has 2 nitrogen and oxygen atoms in total. The van der Waals surface area contributed by atoms with Gasteiger partial charge in [-0.25, -0.2) is 0 Å². The molecule has 2 heteroatoms. The van der Waals surface area contributed by atoms with Crippen LogP contribution < -0.4 is 0 Å². The highest BCUT2D eigenvalue weighted by Crippen LogP contribution is 2.41. The maximum absolute atomic E-state index is 2.49. The first-order chi connectivity index (χ1) is 21.8. The summed E-state index contributed by atoms with van der Waals surface area (Å²) in [4.78, 5) is 0. The van der Waals surface area contributed by atoms with Gasteiger partial charge < -0.3 is 9.13 Å². The van der Waals surface area contributed by atoms with Crippen LogP contribution >= 0.6 is 0 Å². The molecule has 7 aromatic carbocycles. The molecule has 9 rings (SSSR count). The van der Waals surface area contributed by atoms with E-state index >= 15 is 0 Å². The quantitative estimate of drug-likeness (QED) is 0.203. The molecule has 0 N–H and O–H groups in total. The van der Waals surface area contributed by atoms with Crippen LogP contribution in [-0.2, 0) is 0 Å². The lowest BCUT2D eigenvalue weighted by Gasteiger charge is -2.15. The average molecular weight is 561 g/mol. The summed E-state index contributed by atoms with van der Waals surface area (Å²) in [6.07, 6.45) is 2.20. The third kappa shape index (κ3) is 3.82. The van der Waals surface area contributed by atoms with Crippen LogP contribution in [0.5, 0.6) is 0 Å². The van der Waals surface area contributed by atoms with Gasteiger partial charge in [-0.3, -0.25) is 0 Å². The van der Waals surface area contributed by atoms with Crippen LogP contribution in [0.2, 0.25) is 0 Å². The summed E-state index contributed by atoms with van der Waals surface area (Å²) in [5.41, 5.74) is 10.8. The van der Waals surface area contributed by atoms with E-state index in [4.69, 9.17) is 0 Å². The zero-order valence-electron chi connectivity index (χ0n) is 24.1. The topological polar surface area (TPSA) is 9.86 Å². The zero-order valence-corrected chi connectivity index (χ0v) is 24.1. The molecular formula is C42H28N2. The van der Waals surface area contributed by atoms with Crippen LogP contribution in [0.15, 0.2) is 170 Å². The SMILES string of the molecule is c1ccc(-c2cc(-c3ccccc3)cc(-n3c4ccccc4c4ccc5ccc6c(ccn6-c6ccccc6)c5c43)c2)cc1. The van der Waals surface area contributed by atoms with E-state index in [1.807, 2.05) is 0 Å². The van der Waals surface area contributed by atoms with E-state index in [1.54, 1.807) is 0 Å². The summed E-state index contributed by atoms with van der Waals surface area (Å²) in [7, 11) is 0. The Bertz CT molecular complexity index is 2410. The Kier molecular flexibility index (Phi) is 5.54. The lowest BCUT2D eigenvalue weighted by Crippen LogP contribution is -1.97. The molecule has 0 amide bonds. The highest BCUT2D eigenvalue weighted by molar-refractivity contribution is 6.25. The van der Waals surface area contributed by atoms with E-state index < -0.39 is 0 Å². The number of benzene rings is 7. The van der Waals surface area contributed by atoms with Gasteiger partial charge in [0.25, 0.3) is 0 Å². The molecular weight excluding hydrogens is 532 g/mol. The molecule has 0 aliphatic carbocycles. The summed E-state index contributed by atoms with van der Waals surface area (Å²) >= 11 is 0. The van der Waals surface area contributed by atoms with E-state index in [2.05, 4.69) is 179 Å². The molecule has 0 aliphatic rings. The van der Waals surface area contributed by atoms with Gasteiger partial charge in [-0.2, -0.15) is 0 Å². The Labute approximate surface area is 255 Å². The first-order valence-corrected chi connectivity index (χ1v) is 15.1. The number of nitrogens with zero attached hydrogens (tertiary/aromatic N) is 2. The van der Waals surface area contributed by atoms with Crippen molar-refractivity contribution in [1.29, 1.82) is 0 Å². The van der Waals surface area contributed by atoms with Crippen molar-refractivity contribution in [2.45, 2.75) is 0 Å². The second-order valence-electron chi connectivity index (χ2n) is 11.4. The Morgan fingerprint density at radius 2 is 0.977 bits per heavy atom. The monoisotopic (exact) mass is 560 g/mol. The highest BCUT2D eigenvalue weighted by atomic mass is 15.0. The lowest BCUT2D eigenvalue weighted by atomic mass is 9.97. The van der Waals surface area contributed by atoms with Crippen LogP contribution in [-0.4, -0.2) is 9.13 Å². The van der Waals surface area contributed by atoms with Crippen LogP contribution in [0.3, 0.4) is 0 Å². The molecule has 0 fully saturated rings. The largest absolute Gasteiger partial charge is 0.317 e. The summed E-state index contributed by atoms with van der Waals surface area (Å²) < 4.78 is 4.79. The zero-order chi connectivity index (χ0) is 29.0. The summed E-state index contributed by atoms with van der Waals surface area (Å²) in [6, 6.07) is 59.3. The smallest absolute Gasteiger partial charge is 0.0626 e. The second-order valence-corrected chi connectivity index (χ2v) is 11.4. The van der Waals surface area contributed by atoms with E-state index in [0.29, 0.717) is 0 Å². The molecule has 0 saturated carbocycles. The molecule has 2 aromatic heterocycles. The molecule has 44 heavy (non-hydrogen) atoms. The van der Waals surface area contributed by atoms with Crippen molar-refractivity contribution in [2.75, 3.05) is 0 Å². The van der Waals surface area contributed by atoms with Crippen molar-refractivity contribution >= 4 is 43.5 Å². The van der Waals surface area contributed by atoms with Gasteiger partial charge in [0.15, 0.2) is 0 Å². The van der Waals surface area contributed by atoms with Gasteiger partial charge in [-0.1, -0.05) is 115 Å². The van der Waals surface area contributed by atoms with Gasteiger partial charge in [0.1, 0.15) is 0 Å². The maximum Gasteiger partial charge on any atom is 0.0626 e. The van der Waals surface area contributed by atoms with Crippen LogP contribution in [0.25, 0.3) is 77.1 Å². The van der Waals surface area contributed by atoms with E-state index in [9.17, 15) is 0 Å². The van der Waals surface area contributed by atoms with Gasteiger partial charge in [0.2, 0.25) is 0 Å². The van der Waals surface area contributed by atoms with Gasteiger partial charge in [0.05, 0.1) is 16.6 Å². The van der Waals surface area contributed by atoms with Crippen molar-refractivity contribution in [3.8, 4) is 33.6 Å². The molecule has 0 atom stereocenters. The molecule has 0 bridgehead atoms. The number of hydrogen-bond acceptors (Lipinski definition) is 0. The van der Waals surface area contributed by atoms with Crippen molar-refractivity contribution in [3.05, 3.63) is 170 Å². The summed E-state index contributed by atoms with van der Waals surface area (Å²) in [5, 5.41) is 6.29. The normalized spacial score (nSPS) is 11.6. The highest BCUT2D eigenvalue weighted by Gasteiger charge is 2.19. The third-order valence-corrected chi connectivity index (χ3v) is 8.91. The van der Waals surface area contributed by atoms with Gasteiger partial charge in [0, 0.05) is 39.1 Å². The molecule has 2 heterocycles. The average Bonchev–Trinajstić information content (AvgIpc) is 3.69. The van der Waals surface area contributed by atoms with Gasteiger partial charge in [-0.15, -0.1) is 0 Å². The Balaban J connectivity index is 1.42. The van der Waals surface area contributed by atoms with Crippen LogP contribution in [0.1, 0.15) is 0 Å². The molecule has 0 aliphatic heterocycles. The third-order valence-electron chi connectivity index (χ3n) is 8.91. The molecule has 0 radical (unpaired) electrons. The summed E-state index contributed by atoms with van der Waals surface area (Å²) in [6.45, 7) is 0. The lowest BCUT2D eigenvalue weighted by molar-refractivity contribution is 1.13. The standard InChI is InChI=1S/C42H28N2/c1-4-12-29(13-5-1)32-26-33(30-14-6-2-7-15-30)28-35(27-32)44-40-19-11-10-18-36(40)37-22-20-31-21-23-39-38(41(31)42(37)44)24-25-43(39)34-16-8-3-9-17-34/h1-28H. The predicted molar refractivity (Wildman–Crippen MR) is 186 cm³/mol. The van der Waals surface area contributed by atoms with Crippen LogP contribution in [0, 0.1) is 0 Å². The fourth-order valence-electron chi connectivity index (χ4n) is 6.91. The van der Waals surface area contributed by atoms with E-state index in [1.165, 1.54) is 65.7 Å². The first-order valence-electron chi connectivity index (χ1n) is 15.1. The van der Waals surface area contributed by atoms with Crippen molar-refractivity contribution in [2.24, 2.45) is 0 Å². The minimum Gasteiger partial charge on any atom is -0.317 e. The fraction of sp³-hybridized carbons (Fsp3) is 0. The van der Waals surface area contributed by atoms with Gasteiger partial charge >= 0.3 is 0 Å². The maximum atomic E-state index is 2.49. The van der Waals surface area contributed by atoms with Crippen LogP contribution in [0.4, 0.5) is 0 Å². The predicted octanol–water partition coefficient (Wildman–Crippen LogP) is 11.2. The Morgan fingerprint density at radius 3 is 1.68 bits per heavy atom. The number of hydrogen-bond donors (Lipinski definition) is 0. The summed E-state index contributed by atoms with van der Waals surface area (Å²) in [5.74, 6) is 0.